The second-order valence-electron chi connectivity index (χ2n) is 27.1. The Morgan fingerprint density at radius 3 is 0.938 bits per heavy atom. The average Bonchev–Trinajstić information content (AvgIpc) is 3.24. The van der Waals surface area contributed by atoms with Crippen LogP contribution in [0.15, 0.2) is 73.1 Å². The Kier molecular flexibility index (Phi) is 8.81. The number of hydrogen-bond acceptors (Lipinski definition) is 3. The third kappa shape index (κ3) is 6.15. The smallest absolute Gasteiger partial charge is 0.252 e. The summed E-state index contributed by atoms with van der Waals surface area (Å²) in [6.07, 6.45) is 14.0. The number of hydrogen-bond donors (Lipinski definition) is 0. The molecule has 0 saturated heterocycles. The van der Waals surface area contributed by atoms with Crippen LogP contribution >= 0.6 is 0 Å². The van der Waals surface area contributed by atoms with E-state index in [1.165, 1.54) is 146 Å². The maximum atomic E-state index is 5.31. The van der Waals surface area contributed by atoms with Gasteiger partial charge in [-0.3, -0.25) is 4.98 Å². The van der Waals surface area contributed by atoms with Crippen LogP contribution in [0.25, 0.3) is 0 Å². The molecule has 0 spiro atoms. The summed E-state index contributed by atoms with van der Waals surface area (Å²) in [7, 11) is 0. The van der Waals surface area contributed by atoms with Gasteiger partial charge in [-0.1, -0.05) is 135 Å². The number of rotatable bonds is 2. The van der Waals surface area contributed by atoms with Gasteiger partial charge in [-0.15, -0.1) is 0 Å². The van der Waals surface area contributed by atoms with Gasteiger partial charge in [0, 0.05) is 22.7 Å². The van der Waals surface area contributed by atoms with Gasteiger partial charge in [0.2, 0.25) is 0 Å². The van der Waals surface area contributed by atoms with Crippen molar-refractivity contribution < 1.29 is 0 Å². The van der Waals surface area contributed by atoms with E-state index in [-0.39, 0.29) is 50.0 Å². The van der Waals surface area contributed by atoms with E-state index in [4.69, 9.17) is 4.98 Å². The van der Waals surface area contributed by atoms with Gasteiger partial charge in [-0.05, 0) is 192 Å². The molecule has 0 amide bonds. The van der Waals surface area contributed by atoms with E-state index in [1.54, 1.807) is 0 Å². The van der Waals surface area contributed by atoms with Crippen LogP contribution in [0.2, 0.25) is 0 Å². The zero-order valence-corrected chi connectivity index (χ0v) is 43.0. The van der Waals surface area contributed by atoms with Crippen molar-refractivity contribution in [1.29, 1.82) is 0 Å². The van der Waals surface area contributed by atoms with Crippen molar-refractivity contribution >= 4 is 57.2 Å². The number of nitrogens with zero attached hydrogens (tertiary/aromatic N) is 3. The summed E-state index contributed by atoms with van der Waals surface area (Å²) in [6, 6.07) is 25.7. The van der Waals surface area contributed by atoms with Crippen molar-refractivity contribution in [3.05, 3.63) is 118 Å². The van der Waals surface area contributed by atoms with Gasteiger partial charge in [-0.2, -0.15) is 0 Å². The quantitative estimate of drug-likeness (QED) is 0.161. The summed E-state index contributed by atoms with van der Waals surface area (Å²) in [6.45, 7) is 39.7. The molecule has 0 unspecified atom stereocenters. The predicted octanol–water partition coefficient (Wildman–Crippen LogP) is 14.6. The van der Waals surface area contributed by atoms with Gasteiger partial charge in [0.15, 0.2) is 0 Å². The van der Waals surface area contributed by atoms with E-state index >= 15 is 0 Å². The number of aromatic nitrogens is 1. The van der Waals surface area contributed by atoms with Crippen LogP contribution in [-0.2, 0) is 43.3 Å². The molecular formula is C61H76BN3. The molecule has 0 atom stereocenters. The van der Waals surface area contributed by atoms with Crippen LogP contribution < -0.4 is 26.2 Å². The zero-order valence-electron chi connectivity index (χ0n) is 43.0. The number of benzene rings is 4. The standard InChI is InChI=1S/C61H76BN3/c1-54(2)21-23-56(5,6)41-29-37(17-19-39(41)54)64-49-33-45-43(58(9,10)25-27-60(45,13)14)31-47(49)62-48-32-44-46(61(15,16)28-26-59(44,11)12)34-50(48)65(52-36-63-35-51(64)53(52)62)38-18-20-40-42(30-38)57(7,8)24-22-55(40,3)4/h17-20,29-36H,21-28H2,1-16H3. The zero-order chi connectivity index (χ0) is 46.4. The Labute approximate surface area is 393 Å². The molecule has 2 aliphatic heterocycles. The molecule has 4 heteroatoms. The molecule has 3 heterocycles. The highest BCUT2D eigenvalue weighted by atomic mass is 15.2. The number of anilines is 6. The van der Waals surface area contributed by atoms with Gasteiger partial charge in [-0.25, -0.2) is 0 Å². The van der Waals surface area contributed by atoms with Crippen LogP contribution in [0, 0.1) is 0 Å². The molecule has 6 aliphatic rings. The molecule has 0 radical (unpaired) electrons. The summed E-state index contributed by atoms with van der Waals surface area (Å²) in [5.41, 5.74) is 24.7. The van der Waals surface area contributed by atoms with E-state index in [1.807, 2.05) is 0 Å². The normalized spacial score (nSPS) is 23.5. The lowest BCUT2D eigenvalue weighted by atomic mass is 9.33. The largest absolute Gasteiger partial charge is 0.310 e. The van der Waals surface area contributed by atoms with Crippen molar-refractivity contribution in [3.8, 4) is 0 Å². The SMILES string of the molecule is CC1(C)CCC(C)(C)c2cc(N3c4cc5c(cc4B4c6cc7c(cc6N(c6ccc8c(c6)C(C)(C)CCC8(C)C)c6cncc3c64)C(C)(C)CCC7(C)C)C(C)(C)CCC5(C)C)ccc21. The summed E-state index contributed by atoms with van der Waals surface area (Å²) in [5, 5.41) is 0. The average molecular weight is 862 g/mol. The lowest BCUT2D eigenvalue weighted by Gasteiger charge is -2.49. The molecule has 5 aromatic rings. The highest BCUT2D eigenvalue weighted by molar-refractivity contribution is 7.00. The summed E-state index contributed by atoms with van der Waals surface area (Å²) in [5.74, 6) is 0. The van der Waals surface area contributed by atoms with Crippen molar-refractivity contribution in [2.45, 2.75) is 205 Å². The topological polar surface area (TPSA) is 19.4 Å². The number of fused-ring (bicyclic) bond motifs is 8. The first-order valence-corrected chi connectivity index (χ1v) is 25.4. The maximum absolute atomic E-state index is 5.31. The highest BCUT2D eigenvalue weighted by Gasteiger charge is 2.49. The minimum Gasteiger partial charge on any atom is -0.310 e. The molecule has 3 nitrogen and oxygen atoms in total. The first kappa shape index (κ1) is 43.3. The van der Waals surface area contributed by atoms with Gasteiger partial charge >= 0.3 is 0 Å². The third-order valence-corrected chi connectivity index (χ3v) is 19.0. The lowest BCUT2D eigenvalue weighted by Crippen LogP contribution is -2.62. The first-order valence-electron chi connectivity index (χ1n) is 25.4. The second-order valence-corrected chi connectivity index (χ2v) is 27.1. The highest BCUT2D eigenvalue weighted by Crippen LogP contribution is 2.55. The number of pyridine rings is 1. The van der Waals surface area contributed by atoms with E-state index in [0.29, 0.717) is 0 Å². The molecule has 65 heavy (non-hydrogen) atoms. The van der Waals surface area contributed by atoms with E-state index < -0.39 is 0 Å². The molecule has 0 saturated carbocycles. The molecule has 338 valence electrons. The monoisotopic (exact) mass is 862 g/mol. The second kappa shape index (κ2) is 13.2. The van der Waals surface area contributed by atoms with Gasteiger partial charge in [0.1, 0.15) is 0 Å². The van der Waals surface area contributed by atoms with Crippen molar-refractivity contribution in [3.63, 3.8) is 0 Å². The Hall–Kier alpha value is -4.31. The Balaban J connectivity index is 1.25. The Bertz CT molecular complexity index is 2670. The van der Waals surface area contributed by atoms with Crippen molar-refractivity contribution in [2.24, 2.45) is 0 Å². The van der Waals surface area contributed by atoms with Crippen LogP contribution in [-0.4, -0.2) is 11.7 Å². The molecule has 0 N–H and O–H groups in total. The molecular weight excluding hydrogens is 786 g/mol. The lowest BCUT2D eigenvalue weighted by molar-refractivity contribution is 0.332. The van der Waals surface area contributed by atoms with Crippen molar-refractivity contribution in [2.75, 3.05) is 9.80 Å². The minimum atomic E-state index is 0.0544. The Morgan fingerprint density at radius 1 is 0.338 bits per heavy atom. The molecule has 11 rings (SSSR count). The summed E-state index contributed by atoms with van der Waals surface area (Å²) >= 11 is 0. The van der Waals surface area contributed by atoms with E-state index in [0.717, 1.165) is 0 Å². The Morgan fingerprint density at radius 2 is 0.615 bits per heavy atom. The maximum Gasteiger partial charge on any atom is 0.252 e. The fraction of sp³-hybridized carbons (Fsp3) is 0.525. The van der Waals surface area contributed by atoms with E-state index in [2.05, 4.69) is 194 Å². The summed E-state index contributed by atoms with van der Waals surface area (Å²) < 4.78 is 0. The first-order chi connectivity index (χ1) is 30.2. The van der Waals surface area contributed by atoms with Gasteiger partial charge in [0.25, 0.3) is 6.71 Å². The van der Waals surface area contributed by atoms with Gasteiger partial charge < -0.3 is 9.80 Å². The van der Waals surface area contributed by atoms with Crippen LogP contribution in [0.5, 0.6) is 0 Å². The van der Waals surface area contributed by atoms with Crippen molar-refractivity contribution in [1.82, 2.24) is 4.98 Å². The fourth-order valence-electron chi connectivity index (χ4n) is 13.9. The summed E-state index contributed by atoms with van der Waals surface area (Å²) in [4.78, 5) is 10.6. The molecule has 4 aliphatic carbocycles. The molecule has 0 fully saturated rings. The fourth-order valence-corrected chi connectivity index (χ4v) is 13.9. The van der Waals surface area contributed by atoms with E-state index in [9.17, 15) is 0 Å². The van der Waals surface area contributed by atoms with Crippen LogP contribution in [0.4, 0.5) is 34.1 Å². The van der Waals surface area contributed by atoms with Crippen LogP contribution in [0.1, 0.15) is 207 Å². The predicted molar refractivity (Wildman–Crippen MR) is 279 cm³/mol. The van der Waals surface area contributed by atoms with Crippen LogP contribution in [0.3, 0.4) is 0 Å². The third-order valence-electron chi connectivity index (χ3n) is 19.0. The minimum absolute atomic E-state index is 0.0544. The molecule has 1 aromatic heterocycles. The molecule has 0 bridgehead atoms. The van der Waals surface area contributed by atoms with Gasteiger partial charge in [0.05, 0.1) is 23.8 Å². The molecule has 4 aromatic carbocycles.